The first kappa shape index (κ1) is 14.1. The third kappa shape index (κ3) is 3.23. The molecule has 2 fully saturated rings. The Morgan fingerprint density at radius 2 is 2.14 bits per heavy atom. The Labute approximate surface area is 123 Å². The zero-order chi connectivity index (χ0) is 14.7. The van der Waals surface area contributed by atoms with Gasteiger partial charge in [-0.3, -0.25) is 9.78 Å². The lowest BCUT2D eigenvalue weighted by Gasteiger charge is -2.32. The first-order valence-electron chi connectivity index (χ1n) is 7.26. The Hall–Kier alpha value is -1.90. The van der Waals surface area contributed by atoms with Gasteiger partial charge in [-0.1, -0.05) is 11.8 Å². The summed E-state index contributed by atoms with van der Waals surface area (Å²) in [6.07, 6.45) is 6.09. The number of nitrogens with zero attached hydrogens (tertiary/aromatic N) is 2. The van der Waals surface area contributed by atoms with Crippen LogP contribution in [0.4, 0.5) is 0 Å². The van der Waals surface area contributed by atoms with Crippen molar-refractivity contribution in [2.24, 2.45) is 0 Å². The fourth-order valence-corrected chi connectivity index (χ4v) is 2.81. The van der Waals surface area contributed by atoms with Gasteiger partial charge in [-0.2, -0.15) is 0 Å². The molecule has 1 aromatic heterocycles. The fraction of sp³-hybridized carbons (Fsp3) is 0.500. The normalized spacial score (nSPS) is 23.6. The van der Waals surface area contributed by atoms with Crippen LogP contribution in [0.5, 0.6) is 0 Å². The molecule has 3 heterocycles. The molecule has 2 aliphatic heterocycles. The summed E-state index contributed by atoms with van der Waals surface area (Å²) >= 11 is 0. The predicted octanol–water partition coefficient (Wildman–Crippen LogP) is 0.819. The number of ether oxygens (including phenoxy) is 1. The summed E-state index contributed by atoms with van der Waals surface area (Å²) in [7, 11) is 0. The van der Waals surface area contributed by atoms with Gasteiger partial charge in [-0.05, 0) is 18.9 Å². The molecule has 2 unspecified atom stereocenters. The molecule has 2 atom stereocenters. The Morgan fingerprint density at radius 3 is 2.86 bits per heavy atom. The van der Waals surface area contributed by atoms with Crippen molar-refractivity contribution >= 4 is 5.91 Å². The molecule has 0 radical (unpaired) electrons. The highest BCUT2D eigenvalue weighted by molar-refractivity contribution is 5.94. The van der Waals surface area contributed by atoms with E-state index < -0.39 is 0 Å². The Kier molecular flexibility index (Phi) is 4.18. The van der Waals surface area contributed by atoms with E-state index in [2.05, 4.69) is 16.8 Å². The van der Waals surface area contributed by atoms with Gasteiger partial charge in [0.05, 0.1) is 24.4 Å². The van der Waals surface area contributed by atoms with Crippen LogP contribution in [0.25, 0.3) is 0 Å². The van der Waals surface area contributed by atoms with Gasteiger partial charge >= 0.3 is 0 Å². The Morgan fingerprint density at radius 1 is 1.38 bits per heavy atom. The van der Waals surface area contributed by atoms with Gasteiger partial charge in [0, 0.05) is 37.5 Å². The molecule has 2 aliphatic rings. The minimum atomic E-state index is -0.00601. The molecule has 1 aromatic rings. The molecule has 1 amide bonds. The first-order chi connectivity index (χ1) is 10.3. The molecule has 0 saturated carbocycles. The number of morpholine rings is 1. The van der Waals surface area contributed by atoms with Gasteiger partial charge in [0.25, 0.3) is 5.91 Å². The number of pyridine rings is 1. The van der Waals surface area contributed by atoms with E-state index in [-0.39, 0.29) is 24.7 Å². The molecular weight excluding hydrogens is 268 g/mol. The minimum Gasteiger partial charge on any atom is -0.395 e. The summed E-state index contributed by atoms with van der Waals surface area (Å²) < 4.78 is 5.75. The van der Waals surface area contributed by atoms with Crippen LogP contribution in [0.1, 0.15) is 35.2 Å². The molecule has 2 bridgehead atoms. The van der Waals surface area contributed by atoms with Gasteiger partial charge in [0.15, 0.2) is 0 Å². The fourth-order valence-electron chi connectivity index (χ4n) is 2.81. The van der Waals surface area contributed by atoms with E-state index in [9.17, 15) is 4.79 Å². The Balaban J connectivity index is 1.73. The maximum absolute atomic E-state index is 12.5. The van der Waals surface area contributed by atoms with Crippen molar-refractivity contribution in [2.75, 3.05) is 19.7 Å². The van der Waals surface area contributed by atoms with Crippen LogP contribution in [-0.4, -0.2) is 52.8 Å². The van der Waals surface area contributed by atoms with E-state index >= 15 is 0 Å². The van der Waals surface area contributed by atoms with E-state index in [1.807, 2.05) is 4.90 Å². The molecule has 0 aromatic carbocycles. The van der Waals surface area contributed by atoms with Gasteiger partial charge in [0.1, 0.15) is 0 Å². The monoisotopic (exact) mass is 286 g/mol. The summed E-state index contributed by atoms with van der Waals surface area (Å²) in [6.45, 7) is 1.36. The lowest BCUT2D eigenvalue weighted by atomic mass is 10.1. The highest BCUT2D eigenvalue weighted by Gasteiger charge is 2.35. The third-order valence-electron chi connectivity index (χ3n) is 3.79. The maximum Gasteiger partial charge on any atom is 0.255 e. The lowest BCUT2D eigenvalue weighted by Crippen LogP contribution is -2.45. The van der Waals surface area contributed by atoms with Crippen molar-refractivity contribution in [3.8, 4) is 11.8 Å². The number of carbonyl (C=O) groups excluding carboxylic acids is 1. The molecule has 3 rings (SSSR count). The predicted molar refractivity (Wildman–Crippen MR) is 76.6 cm³/mol. The molecule has 110 valence electrons. The molecule has 0 spiro atoms. The standard InChI is InChI=1S/C16H18N2O3/c19-6-2-1-3-12-7-13(9-17-8-12)16(20)18-10-14-4-5-15(11-18)21-14/h7-9,14-15,19H,2,4-6,10-11H2. The average Bonchev–Trinajstić information content (AvgIpc) is 2.85. The molecule has 2 saturated heterocycles. The Bertz CT molecular complexity index is 579. The van der Waals surface area contributed by atoms with Gasteiger partial charge in [0.2, 0.25) is 0 Å². The summed E-state index contributed by atoms with van der Waals surface area (Å²) in [5, 5.41) is 8.72. The summed E-state index contributed by atoms with van der Waals surface area (Å²) in [5.74, 6) is 5.74. The van der Waals surface area contributed by atoms with Crippen molar-refractivity contribution < 1.29 is 14.6 Å². The zero-order valence-corrected chi connectivity index (χ0v) is 11.8. The van der Waals surface area contributed by atoms with Crippen molar-refractivity contribution in [1.29, 1.82) is 0 Å². The number of amides is 1. The largest absolute Gasteiger partial charge is 0.395 e. The number of likely N-dealkylation sites (tertiary alicyclic amines) is 1. The van der Waals surface area contributed by atoms with Crippen LogP contribution in [-0.2, 0) is 4.74 Å². The number of carbonyl (C=O) groups is 1. The van der Waals surface area contributed by atoms with Crippen LogP contribution >= 0.6 is 0 Å². The van der Waals surface area contributed by atoms with Crippen LogP contribution < -0.4 is 0 Å². The second kappa shape index (κ2) is 6.25. The molecule has 5 heteroatoms. The first-order valence-corrected chi connectivity index (χ1v) is 7.26. The van der Waals surface area contributed by atoms with E-state index in [0.29, 0.717) is 30.6 Å². The summed E-state index contributed by atoms with van der Waals surface area (Å²) in [6, 6.07) is 1.76. The number of aromatic nitrogens is 1. The van der Waals surface area contributed by atoms with E-state index in [1.165, 1.54) is 0 Å². The van der Waals surface area contributed by atoms with Gasteiger partial charge in [-0.25, -0.2) is 0 Å². The smallest absolute Gasteiger partial charge is 0.255 e. The summed E-state index contributed by atoms with van der Waals surface area (Å²) in [4.78, 5) is 18.5. The van der Waals surface area contributed by atoms with E-state index in [0.717, 1.165) is 12.8 Å². The highest BCUT2D eigenvalue weighted by Crippen LogP contribution is 2.27. The topological polar surface area (TPSA) is 62.7 Å². The average molecular weight is 286 g/mol. The van der Waals surface area contributed by atoms with Crippen LogP contribution in [0, 0.1) is 11.8 Å². The number of hydrogen-bond donors (Lipinski definition) is 1. The summed E-state index contributed by atoms with van der Waals surface area (Å²) in [5.41, 5.74) is 1.26. The maximum atomic E-state index is 12.5. The second-order valence-corrected chi connectivity index (χ2v) is 5.41. The number of rotatable bonds is 2. The third-order valence-corrected chi connectivity index (χ3v) is 3.79. The van der Waals surface area contributed by atoms with Crippen molar-refractivity contribution in [2.45, 2.75) is 31.5 Å². The van der Waals surface area contributed by atoms with Crippen LogP contribution in [0.15, 0.2) is 18.5 Å². The van der Waals surface area contributed by atoms with Crippen molar-refractivity contribution in [3.63, 3.8) is 0 Å². The quantitative estimate of drug-likeness (QED) is 0.818. The highest BCUT2D eigenvalue weighted by atomic mass is 16.5. The molecule has 5 nitrogen and oxygen atoms in total. The zero-order valence-electron chi connectivity index (χ0n) is 11.8. The number of fused-ring (bicyclic) bond motifs is 2. The minimum absolute atomic E-state index is 0.00601. The van der Waals surface area contributed by atoms with E-state index in [1.54, 1.807) is 18.5 Å². The lowest BCUT2D eigenvalue weighted by molar-refractivity contribution is -0.0303. The number of hydrogen-bond acceptors (Lipinski definition) is 4. The SMILES string of the molecule is O=C(c1cncc(C#CCCO)c1)N1CC2CCC(C1)O2. The number of aliphatic hydroxyl groups is 1. The second-order valence-electron chi connectivity index (χ2n) is 5.41. The van der Waals surface area contributed by atoms with Crippen molar-refractivity contribution in [3.05, 3.63) is 29.6 Å². The van der Waals surface area contributed by atoms with Crippen LogP contribution in [0.3, 0.4) is 0 Å². The number of aliphatic hydroxyl groups excluding tert-OH is 1. The molecule has 1 N–H and O–H groups in total. The molecular formula is C16H18N2O3. The van der Waals surface area contributed by atoms with Crippen molar-refractivity contribution in [1.82, 2.24) is 9.88 Å². The van der Waals surface area contributed by atoms with Gasteiger partial charge < -0.3 is 14.7 Å². The molecule has 0 aliphatic carbocycles. The molecule has 21 heavy (non-hydrogen) atoms. The van der Waals surface area contributed by atoms with Gasteiger partial charge in [-0.15, -0.1) is 0 Å². The van der Waals surface area contributed by atoms with E-state index in [4.69, 9.17) is 9.84 Å². The van der Waals surface area contributed by atoms with Crippen LogP contribution in [0.2, 0.25) is 0 Å².